The fourth-order valence-electron chi connectivity index (χ4n) is 2.65. The van der Waals surface area contributed by atoms with Crippen LogP contribution in [0.2, 0.25) is 0 Å². The van der Waals surface area contributed by atoms with Gasteiger partial charge in [-0.15, -0.1) is 11.3 Å². The van der Waals surface area contributed by atoms with E-state index >= 15 is 0 Å². The Morgan fingerprint density at radius 2 is 2.12 bits per heavy atom. The van der Waals surface area contributed by atoms with E-state index in [1.54, 1.807) is 4.90 Å². The molecule has 1 aliphatic rings. The van der Waals surface area contributed by atoms with Gasteiger partial charge < -0.3 is 15.3 Å². The summed E-state index contributed by atoms with van der Waals surface area (Å²) < 4.78 is 0. The van der Waals surface area contributed by atoms with E-state index in [2.05, 4.69) is 10.3 Å². The van der Waals surface area contributed by atoms with Crippen LogP contribution in [0, 0.1) is 11.3 Å². The third-order valence-electron chi connectivity index (χ3n) is 3.91. The van der Waals surface area contributed by atoms with Crippen LogP contribution in [0.4, 0.5) is 0 Å². The van der Waals surface area contributed by atoms with Gasteiger partial charge in [-0.3, -0.25) is 9.59 Å². The average molecular weight is 353 g/mol. The molecule has 0 aromatic carbocycles. The van der Waals surface area contributed by atoms with Crippen molar-refractivity contribution >= 4 is 29.1 Å². The Hall–Kier alpha value is -1.96. The lowest BCUT2D eigenvalue weighted by molar-refractivity contribution is -0.142. The SMILES string of the molecule is CC(C)(C)C(=O)N1CCCC(C(=O)NCc2nc(C(=O)O)cs2)C1. The van der Waals surface area contributed by atoms with Gasteiger partial charge in [0.2, 0.25) is 11.8 Å². The standard InChI is InChI=1S/C16H23N3O4S/c1-16(2,3)15(23)19-6-4-5-10(8-19)13(20)17-7-12-18-11(9-24-12)14(21)22/h9-10H,4-8H2,1-3H3,(H,17,20)(H,21,22). The molecule has 8 heteroatoms. The fourth-order valence-corrected chi connectivity index (χ4v) is 3.36. The summed E-state index contributed by atoms with van der Waals surface area (Å²) >= 11 is 1.20. The Kier molecular flexibility index (Phi) is 5.58. The van der Waals surface area contributed by atoms with Gasteiger partial charge in [0.25, 0.3) is 0 Å². The molecule has 1 fully saturated rings. The fraction of sp³-hybridized carbons (Fsp3) is 0.625. The summed E-state index contributed by atoms with van der Waals surface area (Å²) in [6, 6.07) is 0. The van der Waals surface area contributed by atoms with E-state index in [1.165, 1.54) is 16.7 Å². The maximum absolute atomic E-state index is 12.4. The van der Waals surface area contributed by atoms with Gasteiger partial charge in [-0.05, 0) is 12.8 Å². The molecule has 1 atom stereocenters. The zero-order chi connectivity index (χ0) is 17.9. The van der Waals surface area contributed by atoms with E-state index in [0.717, 1.165) is 12.8 Å². The number of hydrogen-bond acceptors (Lipinski definition) is 5. The van der Waals surface area contributed by atoms with E-state index in [0.29, 0.717) is 18.1 Å². The molecule has 0 spiro atoms. The van der Waals surface area contributed by atoms with Crippen LogP contribution in [-0.2, 0) is 16.1 Å². The molecule has 0 radical (unpaired) electrons. The summed E-state index contributed by atoms with van der Waals surface area (Å²) in [7, 11) is 0. The first kappa shape index (κ1) is 18.4. The number of carbonyl (C=O) groups is 3. The van der Waals surface area contributed by atoms with Crippen molar-refractivity contribution in [3.63, 3.8) is 0 Å². The van der Waals surface area contributed by atoms with Gasteiger partial charge in [0.15, 0.2) is 5.69 Å². The number of nitrogens with zero attached hydrogens (tertiary/aromatic N) is 2. The summed E-state index contributed by atoms with van der Waals surface area (Å²) in [6.45, 7) is 6.96. The van der Waals surface area contributed by atoms with Gasteiger partial charge in [-0.2, -0.15) is 0 Å². The number of carboxylic acids is 1. The van der Waals surface area contributed by atoms with Gasteiger partial charge in [0.1, 0.15) is 5.01 Å². The zero-order valence-corrected chi connectivity index (χ0v) is 15.0. The first-order valence-electron chi connectivity index (χ1n) is 7.93. The molecule has 7 nitrogen and oxygen atoms in total. The molecule has 1 aromatic rings. The van der Waals surface area contributed by atoms with Crippen molar-refractivity contribution in [1.29, 1.82) is 0 Å². The number of thiazole rings is 1. The maximum Gasteiger partial charge on any atom is 0.355 e. The second-order valence-corrected chi connectivity index (χ2v) is 7.93. The van der Waals surface area contributed by atoms with Crippen LogP contribution < -0.4 is 5.32 Å². The van der Waals surface area contributed by atoms with Crippen LogP contribution >= 0.6 is 11.3 Å². The highest BCUT2D eigenvalue weighted by atomic mass is 32.1. The minimum absolute atomic E-state index is 0.0103. The number of nitrogens with one attached hydrogen (secondary N) is 1. The number of hydrogen-bond donors (Lipinski definition) is 2. The van der Waals surface area contributed by atoms with Gasteiger partial charge in [0.05, 0.1) is 12.5 Å². The molecule has 1 saturated heterocycles. The summed E-state index contributed by atoms with van der Waals surface area (Å²) in [5.74, 6) is -1.36. The molecular weight excluding hydrogens is 330 g/mol. The van der Waals surface area contributed by atoms with Crippen molar-refractivity contribution in [2.75, 3.05) is 13.1 Å². The summed E-state index contributed by atoms with van der Waals surface area (Å²) in [5.41, 5.74) is -0.462. The lowest BCUT2D eigenvalue weighted by Crippen LogP contribution is -2.48. The van der Waals surface area contributed by atoms with Crippen LogP contribution in [-0.4, -0.2) is 45.9 Å². The van der Waals surface area contributed by atoms with Crippen molar-refractivity contribution in [2.24, 2.45) is 11.3 Å². The first-order valence-corrected chi connectivity index (χ1v) is 8.81. The molecule has 2 rings (SSSR count). The van der Waals surface area contributed by atoms with Crippen molar-refractivity contribution in [3.05, 3.63) is 16.1 Å². The number of carboxylic acid groups (broad SMARTS) is 1. The Balaban J connectivity index is 1.89. The van der Waals surface area contributed by atoms with E-state index in [-0.39, 0.29) is 30.0 Å². The third kappa shape index (κ3) is 4.53. The van der Waals surface area contributed by atoms with Gasteiger partial charge in [-0.1, -0.05) is 20.8 Å². The van der Waals surface area contributed by atoms with Crippen molar-refractivity contribution < 1.29 is 19.5 Å². The topological polar surface area (TPSA) is 99.6 Å². The highest BCUT2D eigenvalue weighted by Crippen LogP contribution is 2.23. The number of rotatable bonds is 4. The van der Waals surface area contributed by atoms with Crippen LogP contribution in [0.25, 0.3) is 0 Å². The second kappa shape index (κ2) is 7.29. The molecule has 24 heavy (non-hydrogen) atoms. The van der Waals surface area contributed by atoms with Crippen LogP contribution in [0.15, 0.2) is 5.38 Å². The van der Waals surface area contributed by atoms with Crippen molar-refractivity contribution in [2.45, 2.75) is 40.2 Å². The quantitative estimate of drug-likeness (QED) is 0.859. The monoisotopic (exact) mass is 353 g/mol. The first-order chi connectivity index (χ1) is 11.2. The lowest BCUT2D eigenvalue weighted by Gasteiger charge is -2.35. The number of aromatic carboxylic acids is 1. The van der Waals surface area contributed by atoms with Gasteiger partial charge >= 0.3 is 5.97 Å². The summed E-state index contributed by atoms with van der Waals surface area (Å²) in [6.07, 6.45) is 1.55. The number of aromatic nitrogens is 1. The average Bonchev–Trinajstić information content (AvgIpc) is 3.00. The van der Waals surface area contributed by atoms with E-state index in [9.17, 15) is 14.4 Å². The largest absolute Gasteiger partial charge is 0.476 e. The van der Waals surface area contributed by atoms with Crippen LogP contribution in [0.1, 0.15) is 49.1 Å². The smallest absolute Gasteiger partial charge is 0.355 e. The predicted molar refractivity (Wildman–Crippen MR) is 89.7 cm³/mol. The minimum atomic E-state index is -1.08. The highest BCUT2D eigenvalue weighted by molar-refractivity contribution is 7.09. The number of likely N-dealkylation sites (tertiary alicyclic amines) is 1. The van der Waals surface area contributed by atoms with Gasteiger partial charge in [-0.25, -0.2) is 9.78 Å². The zero-order valence-electron chi connectivity index (χ0n) is 14.2. The van der Waals surface area contributed by atoms with E-state index < -0.39 is 11.4 Å². The van der Waals surface area contributed by atoms with E-state index in [1.807, 2.05) is 20.8 Å². The molecule has 0 bridgehead atoms. The van der Waals surface area contributed by atoms with Gasteiger partial charge in [0, 0.05) is 23.9 Å². The predicted octanol–water partition coefficient (Wildman–Crippen LogP) is 1.74. The highest BCUT2D eigenvalue weighted by Gasteiger charge is 2.33. The normalized spacial score (nSPS) is 18.3. The number of amides is 2. The second-order valence-electron chi connectivity index (χ2n) is 6.99. The van der Waals surface area contributed by atoms with E-state index in [4.69, 9.17) is 5.11 Å². The molecule has 1 aliphatic heterocycles. The lowest BCUT2D eigenvalue weighted by atomic mass is 9.91. The van der Waals surface area contributed by atoms with Crippen LogP contribution in [0.3, 0.4) is 0 Å². The Morgan fingerprint density at radius 1 is 1.42 bits per heavy atom. The Labute approximate surface area is 145 Å². The minimum Gasteiger partial charge on any atom is -0.476 e. The molecule has 0 saturated carbocycles. The molecule has 1 aromatic heterocycles. The Morgan fingerprint density at radius 3 is 2.71 bits per heavy atom. The number of carbonyl (C=O) groups excluding carboxylic acids is 2. The molecular formula is C16H23N3O4S. The Bertz CT molecular complexity index is 636. The molecule has 2 amide bonds. The molecule has 1 unspecified atom stereocenters. The molecule has 132 valence electrons. The van der Waals surface area contributed by atoms with Crippen molar-refractivity contribution in [1.82, 2.24) is 15.2 Å². The summed E-state index contributed by atoms with van der Waals surface area (Å²) in [5, 5.41) is 13.7. The maximum atomic E-state index is 12.4. The summed E-state index contributed by atoms with van der Waals surface area (Å²) in [4.78, 5) is 41.2. The number of piperidine rings is 1. The third-order valence-corrected chi connectivity index (χ3v) is 4.75. The van der Waals surface area contributed by atoms with Crippen LogP contribution in [0.5, 0.6) is 0 Å². The molecule has 2 heterocycles. The molecule has 2 N–H and O–H groups in total. The molecule has 0 aliphatic carbocycles. The van der Waals surface area contributed by atoms with Crippen molar-refractivity contribution in [3.8, 4) is 0 Å².